The van der Waals surface area contributed by atoms with E-state index in [1.165, 1.54) is 12.4 Å². The maximum atomic E-state index is 12.4. The smallest absolute Gasteiger partial charge is 0.268 e. The van der Waals surface area contributed by atoms with Crippen LogP contribution in [-0.2, 0) is 9.59 Å². The predicted octanol–water partition coefficient (Wildman–Crippen LogP) is -0.113. The van der Waals surface area contributed by atoms with Crippen molar-refractivity contribution in [2.24, 2.45) is 0 Å². The molecule has 1 heterocycles. The average molecular weight is 500 g/mol. The molecule has 1 saturated heterocycles. The number of β-amino-alcohol motifs (C(OH)–C–C–N with tert-alkyl or cyclic N) is 1. The topological polar surface area (TPSA) is 154 Å². The molecule has 2 atom stereocenters. The number of hydroxylamine groups is 1. The highest BCUT2D eigenvalue weighted by atomic mass is 16.5. The van der Waals surface area contributed by atoms with E-state index >= 15 is 0 Å². The van der Waals surface area contributed by atoms with E-state index in [1.807, 2.05) is 24.3 Å². The Balaban J connectivity index is 1.53. The van der Waals surface area contributed by atoms with E-state index in [4.69, 9.17) is 10.3 Å². The molecule has 1 aliphatic rings. The number of aliphatic hydroxyl groups is 2. The van der Waals surface area contributed by atoms with E-state index in [0.717, 1.165) is 37.3 Å². The molecule has 0 bridgehead atoms. The van der Waals surface area contributed by atoms with Crippen molar-refractivity contribution in [3.05, 3.63) is 54.1 Å². The van der Waals surface area contributed by atoms with Gasteiger partial charge in [0.05, 0.1) is 19.3 Å². The van der Waals surface area contributed by atoms with Gasteiger partial charge in [0, 0.05) is 44.0 Å². The van der Waals surface area contributed by atoms with Gasteiger partial charge in [0.25, 0.3) is 11.8 Å². The molecule has 3 amide bonds. The van der Waals surface area contributed by atoms with Crippen molar-refractivity contribution in [3.8, 4) is 11.1 Å². The third-order valence-corrected chi connectivity index (χ3v) is 6.06. The molecule has 194 valence electrons. The summed E-state index contributed by atoms with van der Waals surface area (Å²) in [5.74, 6) is -1.56. The second-order valence-electron chi connectivity index (χ2n) is 8.71. The second-order valence-corrected chi connectivity index (χ2v) is 8.71. The normalized spacial score (nSPS) is 16.1. The van der Waals surface area contributed by atoms with Crippen molar-refractivity contribution in [3.63, 3.8) is 0 Å². The summed E-state index contributed by atoms with van der Waals surface area (Å²) in [6.45, 7) is 5.69. The van der Waals surface area contributed by atoms with E-state index in [9.17, 15) is 19.5 Å². The van der Waals surface area contributed by atoms with Crippen molar-refractivity contribution < 1.29 is 29.8 Å². The molecule has 1 fully saturated rings. The van der Waals surface area contributed by atoms with Crippen molar-refractivity contribution in [2.45, 2.75) is 19.1 Å². The second kappa shape index (κ2) is 13.1. The lowest BCUT2D eigenvalue weighted by molar-refractivity contribution is -0.133. The minimum Gasteiger partial charge on any atom is -0.395 e. The molecule has 0 aromatic heterocycles. The molecule has 2 aromatic rings. The Labute approximate surface area is 209 Å². The SMILES string of the molecule is C[C@@H](O)[C@H](NC(=O)c1ccc(-c2ccc(NC(=O)CN3CCN(CCO)CC3)cc2)cc1)C(=O)NO. The third kappa shape index (κ3) is 7.57. The lowest BCUT2D eigenvalue weighted by Crippen LogP contribution is -2.51. The maximum Gasteiger partial charge on any atom is 0.268 e. The van der Waals surface area contributed by atoms with Gasteiger partial charge in [-0.1, -0.05) is 24.3 Å². The van der Waals surface area contributed by atoms with Crippen LogP contribution in [-0.4, -0.2) is 101 Å². The molecule has 0 saturated carbocycles. The Morgan fingerprint density at radius 3 is 2.00 bits per heavy atom. The highest BCUT2D eigenvalue weighted by Crippen LogP contribution is 2.22. The Hall–Kier alpha value is -3.35. The van der Waals surface area contributed by atoms with Gasteiger partial charge in [-0.2, -0.15) is 0 Å². The Morgan fingerprint density at radius 2 is 1.47 bits per heavy atom. The molecule has 36 heavy (non-hydrogen) atoms. The van der Waals surface area contributed by atoms with E-state index in [1.54, 1.807) is 24.3 Å². The number of rotatable bonds is 10. The number of carbonyl (C=O) groups excluding carboxylic acids is 3. The zero-order chi connectivity index (χ0) is 26.1. The molecule has 0 aliphatic carbocycles. The number of hydrogen-bond donors (Lipinski definition) is 6. The van der Waals surface area contributed by atoms with Crippen LogP contribution in [0.3, 0.4) is 0 Å². The zero-order valence-corrected chi connectivity index (χ0v) is 20.2. The number of benzene rings is 2. The number of nitrogens with one attached hydrogen (secondary N) is 3. The maximum absolute atomic E-state index is 12.4. The molecule has 0 spiro atoms. The number of anilines is 1. The van der Waals surface area contributed by atoms with Gasteiger partial charge < -0.3 is 20.8 Å². The first kappa shape index (κ1) is 27.2. The minimum absolute atomic E-state index is 0.0842. The van der Waals surface area contributed by atoms with Crippen LogP contribution < -0.4 is 16.1 Å². The predicted molar refractivity (Wildman–Crippen MR) is 133 cm³/mol. The van der Waals surface area contributed by atoms with Crippen LogP contribution in [0.1, 0.15) is 17.3 Å². The van der Waals surface area contributed by atoms with Crippen LogP contribution >= 0.6 is 0 Å². The van der Waals surface area contributed by atoms with E-state index in [2.05, 4.69) is 20.4 Å². The molecule has 1 aliphatic heterocycles. The number of hydrogen-bond acceptors (Lipinski definition) is 8. The summed E-state index contributed by atoms with van der Waals surface area (Å²) in [6.07, 6.45) is -1.19. The summed E-state index contributed by atoms with van der Waals surface area (Å²) in [4.78, 5) is 40.7. The molecule has 0 unspecified atom stereocenters. The van der Waals surface area contributed by atoms with Gasteiger partial charge in [-0.3, -0.25) is 29.4 Å². The van der Waals surface area contributed by atoms with Gasteiger partial charge in [-0.25, -0.2) is 5.48 Å². The zero-order valence-electron chi connectivity index (χ0n) is 20.2. The van der Waals surface area contributed by atoms with Crippen molar-refractivity contribution in [1.29, 1.82) is 0 Å². The van der Waals surface area contributed by atoms with Crippen LogP contribution in [0.2, 0.25) is 0 Å². The van der Waals surface area contributed by atoms with Crippen LogP contribution in [0.15, 0.2) is 48.5 Å². The first-order valence-electron chi connectivity index (χ1n) is 11.8. The highest BCUT2D eigenvalue weighted by molar-refractivity contribution is 5.98. The summed E-state index contributed by atoms with van der Waals surface area (Å²) >= 11 is 0. The Bertz CT molecular complexity index is 1020. The average Bonchev–Trinajstić information content (AvgIpc) is 2.88. The molecule has 3 rings (SSSR count). The molecular formula is C25H33N5O6. The van der Waals surface area contributed by atoms with Gasteiger partial charge in [-0.05, 0) is 42.3 Å². The molecule has 6 N–H and O–H groups in total. The Kier molecular flexibility index (Phi) is 9.91. The number of aliphatic hydroxyl groups excluding tert-OH is 2. The van der Waals surface area contributed by atoms with Crippen molar-refractivity contribution >= 4 is 23.4 Å². The summed E-state index contributed by atoms with van der Waals surface area (Å²) < 4.78 is 0. The van der Waals surface area contributed by atoms with Gasteiger partial charge in [0.2, 0.25) is 5.91 Å². The van der Waals surface area contributed by atoms with E-state index in [-0.39, 0.29) is 18.1 Å². The van der Waals surface area contributed by atoms with Gasteiger partial charge in [0.1, 0.15) is 6.04 Å². The number of nitrogens with zero attached hydrogens (tertiary/aromatic N) is 2. The first-order chi connectivity index (χ1) is 17.3. The lowest BCUT2D eigenvalue weighted by atomic mass is 10.0. The van der Waals surface area contributed by atoms with Crippen molar-refractivity contribution in [1.82, 2.24) is 20.6 Å². The number of piperazine rings is 1. The Morgan fingerprint density at radius 1 is 0.917 bits per heavy atom. The molecule has 11 nitrogen and oxygen atoms in total. The van der Waals surface area contributed by atoms with Gasteiger partial charge >= 0.3 is 0 Å². The monoisotopic (exact) mass is 499 g/mol. The number of carbonyl (C=O) groups is 3. The molecule has 0 radical (unpaired) electrons. The summed E-state index contributed by atoms with van der Waals surface area (Å²) in [5.41, 5.74) is 4.14. The highest BCUT2D eigenvalue weighted by Gasteiger charge is 2.25. The van der Waals surface area contributed by atoms with Crippen LogP contribution in [0.4, 0.5) is 5.69 Å². The first-order valence-corrected chi connectivity index (χ1v) is 11.8. The molecular weight excluding hydrogens is 466 g/mol. The quantitative estimate of drug-likeness (QED) is 0.195. The van der Waals surface area contributed by atoms with Crippen molar-refractivity contribution in [2.75, 3.05) is 51.2 Å². The van der Waals surface area contributed by atoms with Gasteiger partial charge in [-0.15, -0.1) is 0 Å². The fraction of sp³-hybridized carbons (Fsp3) is 0.400. The summed E-state index contributed by atoms with van der Waals surface area (Å²) in [5, 5.41) is 32.8. The van der Waals surface area contributed by atoms with E-state index in [0.29, 0.717) is 18.8 Å². The molecule has 2 aromatic carbocycles. The summed E-state index contributed by atoms with van der Waals surface area (Å²) in [7, 11) is 0. The fourth-order valence-corrected chi connectivity index (χ4v) is 3.98. The summed E-state index contributed by atoms with van der Waals surface area (Å²) in [6, 6.07) is 12.8. The van der Waals surface area contributed by atoms with E-state index < -0.39 is 24.0 Å². The van der Waals surface area contributed by atoms with Crippen LogP contribution in [0.5, 0.6) is 0 Å². The van der Waals surface area contributed by atoms with Crippen LogP contribution in [0, 0.1) is 0 Å². The van der Waals surface area contributed by atoms with Crippen LogP contribution in [0.25, 0.3) is 11.1 Å². The fourth-order valence-electron chi connectivity index (χ4n) is 3.98. The standard InChI is InChI=1S/C25H33N5O6/c1-17(32)23(25(35)28-36)27-24(34)20-4-2-18(3-5-20)19-6-8-21(9-7-19)26-22(33)16-30-12-10-29(11-13-30)14-15-31/h2-9,17,23,31-32,36H,10-16H2,1H3,(H,26,33)(H,27,34)(H,28,35)/t17-,23+/m1/s1. The molecule has 11 heteroatoms. The minimum atomic E-state index is -1.29. The third-order valence-electron chi connectivity index (χ3n) is 6.06. The van der Waals surface area contributed by atoms with Gasteiger partial charge in [0.15, 0.2) is 0 Å². The largest absolute Gasteiger partial charge is 0.395 e. The number of amides is 3. The lowest BCUT2D eigenvalue weighted by Gasteiger charge is -2.33.